The number of rotatable bonds is 38. The Bertz CT molecular complexity index is 1030. The Hall–Kier alpha value is -2.07. The summed E-state index contributed by atoms with van der Waals surface area (Å²) in [6.07, 6.45) is 39.3. The molecule has 308 valence electrons. The van der Waals surface area contributed by atoms with Crippen LogP contribution in [0.25, 0.3) is 0 Å². The van der Waals surface area contributed by atoms with Gasteiger partial charge >= 0.3 is 19.8 Å². The van der Waals surface area contributed by atoms with Gasteiger partial charge < -0.3 is 24.6 Å². The van der Waals surface area contributed by atoms with E-state index in [1.54, 1.807) is 0 Å². The molecule has 0 fully saturated rings. The van der Waals surface area contributed by atoms with Crippen molar-refractivity contribution in [2.45, 2.75) is 180 Å². The predicted molar refractivity (Wildman–Crippen MR) is 214 cm³/mol. The molecule has 0 aliphatic carbocycles. The number of unbranched alkanes of at least 4 members (excludes halogenated alkanes) is 16. The first-order valence-corrected chi connectivity index (χ1v) is 22.1. The summed E-state index contributed by atoms with van der Waals surface area (Å²) in [4.78, 5) is 34.9. The van der Waals surface area contributed by atoms with Crippen molar-refractivity contribution in [1.29, 1.82) is 0 Å². The van der Waals surface area contributed by atoms with Gasteiger partial charge in [-0.1, -0.05) is 127 Å². The minimum absolute atomic E-state index is 0.156. The van der Waals surface area contributed by atoms with Gasteiger partial charge in [0.1, 0.15) is 12.7 Å². The van der Waals surface area contributed by atoms with Crippen LogP contribution < -0.4 is 0 Å². The summed E-state index contributed by atoms with van der Waals surface area (Å²) < 4.78 is 32.6. The SMILES string of the molecule is CCCCC/C=C/C/C=C/C/C=C/CCCCCCC(=O)O[C@H](COC(=O)CCCCCCC/C=C/CCCCCC)COP(=O)(O)OC[C@@H](O)CO. The number of phosphoric acid groups is 1. The number of phosphoric ester groups is 1. The molecular formula is C42H75O10P. The number of allylic oxidation sites excluding steroid dienone is 8. The zero-order chi connectivity index (χ0) is 39.1. The number of carbonyl (C=O) groups is 2. The minimum atomic E-state index is -4.62. The molecule has 0 aromatic rings. The third-order valence-corrected chi connectivity index (χ3v) is 9.41. The molecule has 0 saturated heterocycles. The summed E-state index contributed by atoms with van der Waals surface area (Å²) in [5.41, 5.74) is 0. The summed E-state index contributed by atoms with van der Waals surface area (Å²) >= 11 is 0. The molecule has 10 nitrogen and oxygen atoms in total. The molecule has 0 amide bonds. The monoisotopic (exact) mass is 771 g/mol. The minimum Gasteiger partial charge on any atom is -0.462 e. The fraction of sp³-hybridized carbons (Fsp3) is 0.762. The van der Waals surface area contributed by atoms with Crippen LogP contribution in [-0.2, 0) is 32.7 Å². The van der Waals surface area contributed by atoms with Gasteiger partial charge in [-0.25, -0.2) is 4.57 Å². The largest absolute Gasteiger partial charge is 0.472 e. The quantitative estimate of drug-likeness (QED) is 0.0240. The van der Waals surface area contributed by atoms with Crippen LogP contribution in [0, 0.1) is 0 Å². The molecule has 53 heavy (non-hydrogen) atoms. The topological polar surface area (TPSA) is 149 Å². The third-order valence-electron chi connectivity index (χ3n) is 8.46. The number of hydrogen-bond acceptors (Lipinski definition) is 9. The van der Waals surface area contributed by atoms with Gasteiger partial charge in [-0.05, 0) is 77.0 Å². The van der Waals surface area contributed by atoms with E-state index in [1.165, 1.54) is 51.4 Å². The van der Waals surface area contributed by atoms with E-state index in [0.29, 0.717) is 12.8 Å². The maximum atomic E-state index is 12.6. The van der Waals surface area contributed by atoms with Crippen LogP contribution in [0.15, 0.2) is 48.6 Å². The molecule has 0 aromatic heterocycles. The summed E-state index contributed by atoms with van der Waals surface area (Å²) in [5.74, 6) is -0.963. The Morgan fingerprint density at radius 1 is 0.566 bits per heavy atom. The van der Waals surface area contributed by atoms with Gasteiger partial charge in [-0.15, -0.1) is 0 Å². The lowest BCUT2D eigenvalue weighted by Crippen LogP contribution is -2.29. The molecule has 0 heterocycles. The number of hydrogen-bond donors (Lipinski definition) is 3. The molecular weight excluding hydrogens is 695 g/mol. The highest BCUT2D eigenvalue weighted by molar-refractivity contribution is 7.47. The van der Waals surface area contributed by atoms with Crippen molar-refractivity contribution in [1.82, 2.24) is 0 Å². The zero-order valence-electron chi connectivity index (χ0n) is 33.2. The molecule has 0 aliphatic rings. The van der Waals surface area contributed by atoms with Crippen LogP contribution in [0.3, 0.4) is 0 Å². The van der Waals surface area contributed by atoms with Gasteiger partial charge in [-0.2, -0.15) is 0 Å². The molecule has 0 spiro atoms. The van der Waals surface area contributed by atoms with E-state index in [2.05, 4.69) is 67.0 Å². The Morgan fingerprint density at radius 3 is 1.53 bits per heavy atom. The molecule has 3 N–H and O–H groups in total. The lowest BCUT2D eigenvalue weighted by molar-refractivity contribution is -0.161. The first-order chi connectivity index (χ1) is 25.7. The second kappa shape index (κ2) is 38.2. The highest BCUT2D eigenvalue weighted by atomic mass is 31.2. The van der Waals surface area contributed by atoms with Crippen LogP contribution in [-0.4, -0.2) is 65.7 Å². The number of aliphatic hydroxyl groups is 2. The van der Waals surface area contributed by atoms with Crippen molar-refractivity contribution in [3.05, 3.63) is 48.6 Å². The molecule has 11 heteroatoms. The summed E-state index contributed by atoms with van der Waals surface area (Å²) in [6, 6.07) is 0. The van der Waals surface area contributed by atoms with Crippen LogP contribution in [0.2, 0.25) is 0 Å². The lowest BCUT2D eigenvalue weighted by atomic mass is 10.1. The van der Waals surface area contributed by atoms with Crippen molar-refractivity contribution < 1.29 is 47.8 Å². The molecule has 0 bridgehead atoms. The van der Waals surface area contributed by atoms with Crippen LogP contribution in [0.5, 0.6) is 0 Å². The Kier molecular flexibility index (Phi) is 36.7. The van der Waals surface area contributed by atoms with Gasteiger partial charge in [0, 0.05) is 12.8 Å². The van der Waals surface area contributed by atoms with Crippen LogP contribution >= 0.6 is 7.82 Å². The van der Waals surface area contributed by atoms with Gasteiger partial charge in [0.05, 0.1) is 19.8 Å². The first kappa shape index (κ1) is 50.9. The maximum absolute atomic E-state index is 12.6. The summed E-state index contributed by atoms with van der Waals surface area (Å²) in [6.45, 7) is 2.29. The van der Waals surface area contributed by atoms with Gasteiger partial charge in [-0.3, -0.25) is 18.6 Å². The number of ether oxygens (including phenoxy) is 2. The highest BCUT2D eigenvalue weighted by Gasteiger charge is 2.27. The second-order valence-corrected chi connectivity index (χ2v) is 15.1. The third kappa shape index (κ3) is 38.0. The van der Waals surface area contributed by atoms with E-state index in [4.69, 9.17) is 19.1 Å². The van der Waals surface area contributed by atoms with E-state index in [-0.39, 0.29) is 19.4 Å². The molecule has 0 rings (SSSR count). The maximum Gasteiger partial charge on any atom is 0.472 e. The van der Waals surface area contributed by atoms with Crippen molar-refractivity contribution in [2.75, 3.05) is 26.4 Å². The Labute approximate surface area is 322 Å². The van der Waals surface area contributed by atoms with Crippen LogP contribution in [0.1, 0.15) is 168 Å². The normalized spacial score (nSPS) is 14.4. The predicted octanol–water partition coefficient (Wildman–Crippen LogP) is 10.6. The Morgan fingerprint density at radius 2 is 0.981 bits per heavy atom. The second-order valence-electron chi connectivity index (χ2n) is 13.7. The lowest BCUT2D eigenvalue weighted by Gasteiger charge is -2.20. The van der Waals surface area contributed by atoms with Crippen molar-refractivity contribution in [2.24, 2.45) is 0 Å². The van der Waals surface area contributed by atoms with Crippen molar-refractivity contribution in [3.63, 3.8) is 0 Å². The van der Waals surface area contributed by atoms with Crippen molar-refractivity contribution >= 4 is 19.8 Å². The van der Waals surface area contributed by atoms with E-state index < -0.39 is 51.8 Å². The average molecular weight is 771 g/mol. The van der Waals surface area contributed by atoms with Gasteiger partial charge in [0.25, 0.3) is 0 Å². The average Bonchev–Trinajstić information content (AvgIpc) is 3.14. The summed E-state index contributed by atoms with van der Waals surface area (Å²) in [5, 5.41) is 18.3. The van der Waals surface area contributed by atoms with E-state index in [1.807, 2.05) is 0 Å². The van der Waals surface area contributed by atoms with Crippen molar-refractivity contribution in [3.8, 4) is 0 Å². The molecule has 0 saturated carbocycles. The molecule has 1 unspecified atom stereocenters. The fourth-order valence-corrected chi connectivity index (χ4v) is 6.02. The van der Waals surface area contributed by atoms with Gasteiger partial charge in [0.2, 0.25) is 0 Å². The number of esters is 2. The summed E-state index contributed by atoms with van der Waals surface area (Å²) in [7, 11) is -4.62. The van der Waals surface area contributed by atoms with E-state index >= 15 is 0 Å². The smallest absolute Gasteiger partial charge is 0.462 e. The van der Waals surface area contributed by atoms with Crippen LogP contribution in [0.4, 0.5) is 0 Å². The Balaban J connectivity index is 4.40. The first-order valence-electron chi connectivity index (χ1n) is 20.6. The van der Waals surface area contributed by atoms with Gasteiger partial charge in [0.15, 0.2) is 6.10 Å². The molecule has 3 atom stereocenters. The fourth-order valence-electron chi connectivity index (χ4n) is 5.23. The number of carbonyl (C=O) groups excluding carboxylic acids is 2. The molecule has 0 radical (unpaired) electrons. The molecule has 0 aliphatic heterocycles. The standard InChI is InChI=1S/C42H75O10P/c1-3-5-7-9-11-13-15-17-18-19-20-22-24-26-28-30-32-34-42(46)52-40(38-51-53(47,48)50-36-39(44)35-43)37-49-41(45)33-31-29-27-25-23-21-16-14-12-10-8-6-4-2/h11,13-14,16-18,20,22,39-40,43-44H,3-10,12,15,19,21,23-38H2,1-2H3,(H,47,48)/b13-11+,16-14+,18-17+,22-20+/t39-,40+/m0/s1. The highest BCUT2D eigenvalue weighted by Crippen LogP contribution is 2.43. The van der Waals surface area contributed by atoms with E-state index in [0.717, 1.165) is 77.0 Å². The number of aliphatic hydroxyl groups excluding tert-OH is 2. The van der Waals surface area contributed by atoms with E-state index in [9.17, 15) is 24.2 Å². The zero-order valence-corrected chi connectivity index (χ0v) is 34.1. The molecule has 0 aromatic carbocycles.